The van der Waals surface area contributed by atoms with Crippen LogP contribution in [0.5, 0.6) is 0 Å². The monoisotopic (exact) mass is 340 g/mol. The van der Waals surface area contributed by atoms with Gasteiger partial charge >= 0.3 is 11.9 Å². The van der Waals surface area contributed by atoms with E-state index < -0.39 is 0 Å². The lowest BCUT2D eigenvalue weighted by atomic mass is 10.2. The van der Waals surface area contributed by atoms with Crippen molar-refractivity contribution in [2.75, 3.05) is 0 Å². The van der Waals surface area contributed by atoms with Gasteiger partial charge in [0.15, 0.2) is 0 Å². The molecule has 0 aliphatic rings. The second-order valence-electron chi connectivity index (χ2n) is 6.15. The van der Waals surface area contributed by atoms with E-state index in [0.717, 1.165) is 11.1 Å². The van der Waals surface area contributed by atoms with Gasteiger partial charge in [-0.1, -0.05) is 59.7 Å². The molecule has 0 N–H and O–H groups in total. The number of esters is 2. The summed E-state index contributed by atoms with van der Waals surface area (Å²) in [5, 5.41) is 0. The van der Waals surface area contributed by atoms with Crippen molar-refractivity contribution in [3.8, 4) is 0 Å². The molecule has 0 aliphatic carbocycles. The molecule has 0 fully saturated rings. The van der Waals surface area contributed by atoms with E-state index in [4.69, 9.17) is 9.47 Å². The Morgan fingerprint density at radius 1 is 0.680 bits per heavy atom. The summed E-state index contributed by atoms with van der Waals surface area (Å²) < 4.78 is 10.4. The first-order chi connectivity index (χ1) is 12.0. The third-order valence-electron chi connectivity index (χ3n) is 3.80. The highest BCUT2D eigenvalue weighted by Gasteiger charge is 2.08. The summed E-state index contributed by atoms with van der Waals surface area (Å²) in [5.41, 5.74) is 4.24. The van der Waals surface area contributed by atoms with Crippen LogP contribution in [0.25, 0.3) is 0 Å². The predicted molar refractivity (Wildman–Crippen MR) is 95.8 cm³/mol. The largest absolute Gasteiger partial charge is 0.461 e. The van der Waals surface area contributed by atoms with Gasteiger partial charge in [0.2, 0.25) is 0 Å². The van der Waals surface area contributed by atoms with Gasteiger partial charge in [0.1, 0.15) is 13.2 Å². The molecule has 0 saturated carbocycles. The number of hydrogen-bond acceptors (Lipinski definition) is 4. The number of aryl methyl sites for hydroxylation is 2. The standard InChI is InChI=1S/C21H24O4/c1-16-6-10-18(11-7-16)14-24-20(22)4-3-5-21(23)25-15-19-12-8-17(2)9-13-19/h6-13H,3-5,14-15H2,1-2H3. The maximum Gasteiger partial charge on any atom is 0.306 e. The minimum absolute atomic E-state index is 0.214. The molecule has 0 radical (unpaired) electrons. The van der Waals surface area contributed by atoms with Crippen LogP contribution in [0.4, 0.5) is 0 Å². The van der Waals surface area contributed by atoms with Gasteiger partial charge in [-0.3, -0.25) is 9.59 Å². The molecule has 2 aromatic carbocycles. The zero-order valence-corrected chi connectivity index (χ0v) is 14.8. The molecule has 0 aliphatic heterocycles. The zero-order chi connectivity index (χ0) is 18.1. The van der Waals surface area contributed by atoms with E-state index in [-0.39, 0.29) is 38.0 Å². The van der Waals surface area contributed by atoms with E-state index in [1.54, 1.807) is 0 Å². The molecular formula is C21H24O4. The second kappa shape index (κ2) is 9.62. The summed E-state index contributed by atoms with van der Waals surface area (Å²) in [6.07, 6.45) is 0.858. The fourth-order valence-corrected chi connectivity index (χ4v) is 2.22. The van der Waals surface area contributed by atoms with E-state index in [9.17, 15) is 9.59 Å². The van der Waals surface area contributed by atoms with Crippen molar-refractivity contribution in [2.24, 2.45) is 0 Å². The molecule has 0 heterocycles. The van der Waals surface area contributed by atoms with Gasteiger partial charge in [-0.05, 0) is 31.4 Å². The summed E-state index contributed by atoms with van der Waals surface area (Å²) in [6, 6.07) is 15.7. The summed E-state index contributed by atoms with van der Waals surface area (Å²) >= 11 is 0. The molecule has 0 aromatic heterocycles. The van der Waals surface area contributed by atoms with Crippen LogP contribution in [-0.2, 0) is 32.3 Å². The smallest absolute Gasteiger partial charge is 0.306 e. The number of rotatable bonds is 8. The van der Waals surface area contributed by atoms with Crippen LogP contribution in [-0.4, -0.2) is 11.9 Å². The van der Waals surface area contributed by atoms with Crippen molar-refractivity contribution in [3.63, 3.8) is 0 Å². The highest BCUT2D eigenvalue weighted by atomic mass is 16.5. The minimum atomic E-state index is -0.299. The summed E-state index contributed by atoms with van der Waals surface area (Å²) in [4.78, 5) is 23.4. The summed E-state index contributed by atoms with van der Waals surface area (Å²) in [6.45, 7) is 4.54. The van der Waals surface area contributed by atoms with Gasteiger partial charge < -0.3 is 9.47 Å². The molecule has 4 nitrogen and oxygen atoms in total. The Balaban J connectivity index is 1.59. The Hall–Kier alpha value is -2.62. The molecule has 0 bridgehead atoms. The number of ether oxygens (including phenoxy) is 2. The first kappa shape index (κ1) is 18.7. The first-order valence-corrected chi connectivity index (χ1v) is 8.45. The van der Waals surface area contributed by atoms with Gasteiger partial charge in [0.05, 0.1) is 0 Å². The molecule has 0 atom stereocenters. The van der Waals surface area contributed by atoms with Gasteiger partial charge in [0.25, 0.3) is 0 Å². The molecule has 4 heteroatoms. The quantitative estimate of drug-likeness (QED) is 0.674. The molecule has 0 unspecified atom stereocenters. The number of benzene rings is 2. The van der Waals surface area contributed by atoms with Crippen LogP contribution in [0.3, 0.4) is 0 Å². The van der Waals surface area contributed by atoms with Crippen molar-refractivity contribution in [3.05, 3.63) is 70.8 Å². The van der Waals surface area contributed by atoms with Crippen LogP contribution in [0.15, 0.2) is 48.5 Å². The normalized spacial score (nSPS) is 10.3. The predicted octanol–water partition coefficient (Wildman–Crippen LogP) is 4.26. The van der Waals surface area contributed by atoms with Gasteiger partial charge in [0, 0.05) is 12.8 Å². The molecule has 25 heavy (non-hydrogen) atoms. The number of hydrogen-bond donors (Lipinski definition) is 0. The molecule has 0 saturated heterocycles. The second-order valence-corrected chi connectivity index (χ2v) is 6.15. The van der Waals surface area contributed by atoms with E-state index in [0.29, 0.717) is 6.42 Å². The topological polar surface area (TPSA) is 52.6 Å². The van der Waals surface area contributed by atoms with Crippen LogP contribution < -0.4 is 0 Å². The molecule has 2 aromatic rings. The van der Waals surface area contributed by atoms with Crippen LogP contribution in [0.1, 0.15) is 41.5 Å². The lowest BCUT2D eigenvalue weighted by molar-refractivity contribution is -0.146. The number of carbonyl (C=O) groups is 2. The van der Waals surface area contributed by atoms with Crippen LogP contribution in [0, 0.1) is 13.8 Å². The van der Waals surface area contributed by atoms with E-state index in [1.165, 1.54) is 11.1 Å². The van der Waals surface area contributed by atoms with Crippen LogP contribution in [0.2, 0.25) is 0 Å². The first-order valence-electron chi connectivity index (χ1n) is 8.45. The van der Waals surface area contributed by atoms with E-state index in [2.05, 4.69) is 0 Å². The third-order valence-corrected chi connectivity index (χ3v) is 3.80. The van der Waals surface area contributed by atoms with Crippen molar-refractivity contribution in [1.82, 2.24) is 0 Å². The Labute approximate surface area is 148 Å². The maximum absolute atomic E-state index is 11.7. The summed E-state index contributed by atoms with van der Waals surface area (Å²) in [7, 11) is 0. The average Bonchev–Trinajstić information content (AvgIpc) is 2.61. The van der Waals surface area contributed by atoms with Gasteiger partial charge in [-0.15, -0.1) is 0 Å². The lowest BCUT2D eigenvalue weighted by Gasteiger charge is -2.06. The van der Waals surface area contributed by atoms with Gasteiger partial charge in [-0.2, -0.15) is 0 Å². The fourth-order valence-electron chi connectivity index (χ4n) is 2.22. The molecular weight excluding hydrogens is 316 g/mol. The van der Waals surface area contributed by atoms with E-state index >= 15 is 0 Å². The van der Waals surface area contributed by atoms with Crippen LogP contribution >= 0.6 is 0 Å². The average molecular weight is 340 g/mol. The van der Waals surface area contributed by atoms with Crippen molar-refractivity contribution >= 4 is 11.9 Å². The Kier molecular flexibility index (Phi) is 7.20. The highest BCUT2D eigenvalue weighted by molar-refractivity contribution is 5.72. The van der Waals surface area contributed by atoms with Gasteiger partial charge in [-0.25, -0.2) is 0 Å². The third kappa shape index (κ3) is 7.21. The Bertz CT molecular complexity index is 625. The lowest BCUT2D eigenvalue weighted by Crippen LogP contribution is -2.08. The SMILES string of the molecule is Cc1ccc(COC(=O)CCCC(=O)OCc2ccc(C)cc2)cc1. The highest BCUT2D eigenvalue weighted by Crippen LogP contribution is 2.08. The van der Waals surface area contributed by atoms with Crippen molar-refractivity contribution < 1.29 is 19.1 Å². The minimum Gasteiger partial charge on any atom is -0.461 e. The maximum atomic E-state index is 11.7. The Morgan fingerprint density at radius 2 is 1.04 bits per heavy atom. The Morgan fingerprint density at radius 3 is 1.40 bits per heavy atom. The fraction of sp³-hybridized carbons (Fsp3) is 0.333. The summed E-state index contributed by atoms with van der Waals surface area (Å²) in [5.74, 6) is -0.598. The van der Waals surface area contributed by atoms with Crippen molar-refractivity contribution in [2.45, 2.75) is 46.3 Å². The molecule has 0 amide bonds. The molecule has 132 valence electrons. The van der Waals surface area contributed by atoms with Crippen molar-refractivity contribution in [1.29, 1.82) is 0 Å². The molecule has 0 spiro atoms. The van der Waals surface area contributed by atoms with E-state index in [1.807, 2.05) is 62.4 Å². The molecule has 2 rings (SSSR count). The zero-order valence-electron chi connectivity index (χ0n) is 14.8. The number of carbonyl (C=O) groups excluding carboxylic acids is 2.